The van der Waals surface area contributed by atoms with Gasteiger partial charge in [0.15, 0.2) is 11.5 Å². The van der Waals surface area contributed by atoms with Crippen LogP contribution in [0, 0.1) is 5.92 Å². The minimum absolute atomic E-state index is 0.0196. The number of nitrogens with one attached hydrogen (secondary N) is 1. The lowest BCUT2D eigenvalue weighted by Crippen LogP contribution is -2.29. The van der Waals surface area contributed by atoms with Crippen LogP contribution in [0.25, 0.3) is 11.5 Å². The van der Waals surface area contributed by atoms with Crippen molar-refractivity contribution in [2.24, 2.45) is 18.7 Å². The maximum absolute atomic E-state index is 13.3. The number of aliphatic hydroxyl groups excluding tert-OH is 1. The second-order valence-corrected chi connectivity index (χ2v) is 8.12. The van der Waals surface area contributed by atoms with Crippen LogP contribution in [0.2, 0.25) is 0 Å². The highest BCUT2D eigenvalue weighted by Crippen LogP contribution is 2.36. The molecular weight excluding hydrogens is 503 g/mol. The fourth-order valence-electron chi connectivity index (χ4n) is 3.71. The average Bonchev–Trinajstić information content (AvgIpc) is 3.55. The molecule has 1 fully saturated rings. The molecule has 13 nitrogen and oxygen atoms in total. The number of aliphatic hydroxyl groups is 1. The van der Waals surface area contributed by atoms with Crippen LogP contribution in [0.15, 0.2) is 35.2 Å². The first kappa shape index (κ1) is 25.6. The number of amides is 3. The summed E-state index contributed by atoms with van der Waals surface area (Å²) in [5.41, 5.74) is 4.07. The Hall–Kier alpha value is -4.47. The molecule has 0 bridgehead atoms. The normalized spacial score (nSPS) is 16.6. The van der Waals surface area contributed by atoms with Crippen molar-refractivity contribution in [2.75, 3.05) is 23.4 Å². The first-order chi connectivity index (χ1) is 17.5. The van der Waals surface area contributed by atoms with Gasteiger partial charge in [0.1, 0.15) is 12.0 Å². The number of primary amides is 1. The molecule has 0 aromatic carbocycles. The number of carbonyl (C=O) groups excluding carboxylic acids is 3. The Labute approximate surface area is 206 Å². The van der Waals surface area contributed by atoms with E-state index in [2.05, 4.69) is 25.1 Å². The maximum atomic E-state index is 13.3. The fraction of sp³-hybridized carbons (Fsp3) is 0.333. The molecule has 1 aliphatic rings. The Morgan fingerprint density at radius 3 is 2.81 bits per heavy atom. The van der Waals surface area contributed by atoms with E-state index in [-0.39, 0.29) is 60.1 Å². The van der Waals surface area contributed by atoms with Crippen LogP contribution < -0.4 is 16.0 Å². The molecule has 0 radical (unpaired) electrons. The lowest BCUT2D eigenvalue weighted by Gasteiger charge is -2.19. The van der Waals surface area contributed by atoms with Gasteiger partial charge in [-0.1, -0.05) is 0 Å². The number of pyridine rings is 1. The summed E-state index contributed by atoms with van der Waals surface area (Å²) in [7, 11) is 1.59. The predicted molar refractivity (Wildman–Crippen MR) is 118 cm³/mol. The first-order valence-electron chi connectivity index (χ1n) is 10.7. The van der Waals surface area contributed by atoms with Crippen LogP contribution >= 0.6 is 0 Å². The van der Waals surface area contributed by atoms with E-state index in [0.717, 1.165) is 18.5 Å². The standard InChI is InChI=1S/C21H20F3N7O6/c1-30-7-13(17(29-30)31-6-10(8-32)4-15(31)33)27-18(34)14-9-36-19(28-14)11-2-3-26-12(5-11)16(21(22,23)24)37-20(25)35/h2-3,5,7,9-10,16,32H,4,6,8H2,1H3,(H2,25,35)(H,27,34). The van der Waals surface area contributed by atoms with E-state index in [1.54, 1.807) is 7.05 Å². The summed E-state index contributed by atoms with van der Waals surface area (Å²) in [6.07, 6.45) is -5.72. The number of halogens is 3. The molecule has 37 heavy (non-hydrogen) atoms. The van der Waals surface area contributed by atoms with Crippen LogP contribution in [0.3, 0.4) is 0 Å². The molecule has 0 spiro atoms. The summed E-state index contributed by atoms with van der Waals surface area (Å²) >= 11 is 0. The minimum Gasteiger partial charge on any atom is -0.444 e. The number of carbonyl (C=O) groups is 3. The van der Waals surface area contributed by atoms with Gasteiger partial charge in [0.2, 0.25) is 17.9 Å². The van der Waals surface area contributed by atoms with Crippen LogP contribution in [0.4, 0.5) is 29.5 Å². The van der Waals surface area contributed by atoms with Crippen molar-refractivity contribution in [3.8, 4) is 11.5 Å². The molecule has 4 rings (SSSR count). The molecule has 196 valence electrons. The number of rotatable bonds is 7. The molecule has 1 saturated heterocycles. The second kappa shape index (κ2) is 9.88. The number of ether oxygens (including phenoxy) is 1. The molecular formula is C21H20F3N7O6. The van der Waals surface area contributed by atoms with Crippen LogP contribution in [0.5, 0.6) is 0 Å². The number of aryl methyl sites for hydroxylation is 1. The van der Waals surface area contributed by atoms with E-state index in [9.17, 15) is 32.7 Å². The van der Waals surface area contributed by atoms with Crippen molar-refractivity contribution in [2.45, 2.75) is 18.7 Å². The summed E-state index contributed by atoms with van der Waals surface area (Å²) in [6, 6.07) is 2.22. The maximum Gasteiger partial charge on any atom is 0.431 e. The van der Waals surface area contributed by atoms with Crippen molar-refractivity contribution in [3.05, 3.63) is 42.2 Å². The minimum atomic E-state index is -4.99. The predicted octanol–water partition coefficient (Wildman–Crippen LogP) is 1.77. The Morgan fingerprint density at radius 2 is 2.16 bits per heavy atom. The number of aromatic nitrogens is 4. The number of hydrogen-bond acceptors (Lipinski definition) is 9. The molecule has 4 heterocycles. The van der Waals surface area contributed by atoms with E-state index in [1.165, 1.54) is 21.8 Å². The van der Waals surface area contributed by atoms with Crippen LogP contribution in [-0.4, -0.2) is 62.1 Å². The molecule has 0 aliphatic carbocycles. The zero-order valence-electron chi connectivity index (χ0n) is 19.1. The molecule has 3 aromatic rings. The highest BCUT2D eigenvalue weighted by molar-refractivity contribution is 6.06. The van der Waals surface area contributed by atoms with E-state index in [4.69, 9.17) is 10.2 Å². The molecule has 4 N–H and O–H groups in total. The van der Waals surface area contributed by atoms with Gasteiger partial charge in [-0.15, -0.1) is 0 Å². The Kier molecular flexibility index (Phi) is 6.84. The summed E-state index contributed by atoms with van der Waals surface area (Å²) < 4.78 is 50.8. The van der Waals surface area contributed by atoms with Crippen molar-refractivity contribution in [1.29, 1.82) is 0 Å². The van der Waals surface area contributed by atoms with Gasteiger partial charge in [-0.25, -0.2) is 9.78 Å². The SMILES string of the molecule is Cn1cc(NC(=O)c2coc(-c3ccnc(C(OC(N)=O)C(F)(F)F)c3)n2)c(N2CC(CO)CC2=O)n1. The molecule has 0 saturated carbocycles. The Bertz CT molecular complexity index is 1340. The molecule has 16 heteroatoms. The third kappa shape index (κ3) is 5.53. The van der Waals surface area contributed by atoms with Gasteiger partial charge >= 0.3 is 12.3 Å². The summed E-state index contributed by atoms with van der Waals surface area (Å²) in [5, 5.41) is 16.2. The van der Waals surface area contributed by atoms with E-state index >= 15 is 0 Å². The smallest absolute Gasteiger partial charge is 0.431 e. The van der Waals surface area contributed by atoms with Crippen molar-refractivity contribution >= 4 is 29.4 Å². The third-order valence-corrected chi connectivity index (χ3v) is 5.34. The molecule has 1 aliphatic heterocycles. The van der Waals surface area contributed by atoms with E-state index in [1.807, 2.05) is 0 Å². The van der Waals surface area contributed by atoms with Crippen LogP contribution in [-0.2, 0) is 16.6 Å². The highest BCUT2D eigenvalue weighted by atomic mass is 19.4. The molecule has 3 aromatic heterocycles. The Balaban J connectivity index is 1.55. The number of oxazole rings is 1. The monoisotopic (exact) mass is 523 g/mol. The van der Waals surface area contributed by atoms with Gasteiger partial charge in [-0.3, -0.25) is 24.2 Å². The topological polar surface area (TPSA) is 179 Å². The zero-order chi connectivity index (χ0) is 26.9. The largest absolute Gasteiger partial charge is 0.444 e. The number of anilines is 2. The van der Waals surface area contributed by atoms with Gasteiger partial charge in [0.25, 0.3) is 5.91 Å². The fourth-order valence-corrected chi connectivity index (χ4v) is 3.71. The molecule has 2 atom stereocenters. The second-order valence-electron chi connectivity index (χ2n) is 8.12. The van der Waals surface area contributed by atoms with Gasteiger partial charge < -0.3 is 25.3 Å². The third-order valence-electron chi connectivity index (χ3n) is 5.34. The number of nitrogens with two attached hydrogens (primary N) is 1. The lowest BCUT2D eigenvalue weighted by atomic mass is 10.1. The van der Waals surface area contributed by atoms with Gasteiger partial charge in [-0.05, 0) is 12.1 Å². The summed E-state index contributed by atoms with van der Waals surface area (Å²) in [4.78, 5) is 45.0. The molecule has 2 unspecified atom stereocenters. The number of alkyl halides is 3. The zero-order valence-corrected chi connectivity index (χ0v) is 19.1. The van der Waals surface area contributed by atoms with E-state index < -0.39 is 30.0 Å². The average molecular weight is 523 g/mol. The lowest BCUT2D eigenvalue weighted by molar-refractivity contribution is -0.206. The van der Waals surface area contributed by atoms with Gasteiger partial charge in [0.05, 0.1) is 11.9 Å². The van der Waals surface area contributed by atoms with Gasteiger partial charge in [-0.2, -0.15) is 18.3 Å². The van der Waals surface area contributed by atoms with Crippen molar-refractivity contribution < 1.29 is 41.8 Å². The van der Waals surface area contributed by atoms with Crippen LogP contribution in [0.1, 0.15) is 28.7 Å². The van der Waals surface area contributed by atoms with E-state index in [0.29, 0.717) is 0 Å². The van der Waals surface area contributed by atoms with Crippen molar-refractivity contribution in [3.63, 3.8) is 0 Å². The van der Waals surface area contributed by atoms with Crippen molar-refractivity contribution in [1.82, 2.24) is 19.7 Å². The number of nitrogens with zero attached hydrogens (tertiary/aromatic N) is 5. The molecule has 3 amide bonds. The quantitative estimate of drug-likeness (QED) is 0.416. The summed E-state index contributed by atoms with van der Waals surface area (Å²) in [5.74, 6) is -1.28. The highest BCUT2D eigenvalue weighted by Gasteiger charge is 2.45. The Morgan fingerprint density at radius 1 is 1.41 bits per heavy atom. The summed E-state index contributed by atoms with van der Waals surface area (Å²) in [6.45, 7) is 0.0552. The number of hydrogen-bond donors (Lipinski definition) is 3. The first-order valence-corrected chi connectivity index (χ1v) is 10.7. The van der Waals surface area contributed by atoms with Gasteiger partial charge in [0, 0.05) is 44.3 Å².